The van der Waals surface area contributed by atoms with Crippen LogP contribution in [0.5, 0.6) is 0 Å². The van der Waals surface area contributed by atoms with E-state index in [0.29, 0.717) is 0 Å². The van der Waals surface area contributed by atoms with E-state index in [-0.39, 0.29) is 5.41 Å². The minimum Gasteiger partial charge on any atom is -0.317 e. The molecule has 1 saturated heterocycles. The summed E-state index contributed by atoms with van der Waals surface area (Å²) in [5.41, 5.74) is 1.47. The molecular formula is C17H29N3S. The molecule has 1 aliphatic heterocycles. The molecule has 1 aliphatic carbocycles. The van der Waals surface area contributed by atoms with Crippen LogP contribution in [0.2, 0.25) is 0 Å². The Labute approximate surface area is 133 Å². The van der Waals surface area contributed by atoms with E-state index in [1.807, 2.05) is 11.3 Å². The van der Waals surface area contributed by atoms with Crippen molar-refractivity contribution in [3.63, 3.8) is 0 Å². The van der Waals surface area contributed by atoms with Crippen molar-refractivity contribution in [1.82, 2.24) is 15.2 Å². The molecule has 21 heavy (non-hydrogen) atoms. The second kappa shape index (κ2) is 6.35. The Hall–Kier alpha value is -0.450. The summed E-state index contributed by atoms with van der Waals surface area (Å²) in [4.78, 5) is 7.59. The molecule has 1 N–H and O–H groups in total. The van der Waals surface area contributed by atoms with E-state index in [9.17, 15) is 0 Å². The third kappa shape index (κ3) is 4.27. The number of hydrogen-bond acceptors (Lipinski definition) is 4. The van der Waals surface area contributed by atoms with Gasteiger partial charge in [-0.1, -0.05) is 20.8 Å². The highest BCUT2D eigenvalue weighted by Gasteiger charge is 2.31. The standard InChI is InChI=1S/C17H29N3S/c1-17(2,3)16-19-14(12-21-16)11-20(15-4-5-15)10-13-6-8-18-9-7-13/h12-13,15,18H,4-11H2,1-3H3. The van der Waals surface area contributed by atoms with Gasteiger partial charge in [0.1, 0.15) is 0 Å². The lowest BCUT2D eigenvalue weighted by molar-refractivity contribution is 0.188. The van der Waals surface area contributed by atoms with Crippen LogP contribution in [0.25, 0.3) is 0 Å². The van der Waals surface area contributed by atoms with Gasteiger partial charge in [0.15, 0.2) is 0 Å². The highest BCUT2D eigenvalue weighted by molar-refractivity contribution is 7.09. The average molecular weight is 308 g/mol. The van der Waals surface area contributed by atoms with E-state index < -0.39 is 0 Å². The second-order valence-corrected chi connectivity index (χ2v) is 8.61. The van der Waals surface area contributed by atoms with Crippen molar-refractivity contribution in [1.29, 1.82) is 0 Å². The molecular weight excluding hydrogens is 278 g/mol. The normalized spacial score (nSPS) is 21.1. The summed E-state index contributed by atoms with van der Waals surface area (Å²) in [5.74, 6) is 0.882. The third-order valence-electron chi connectivity index (χ3n) is 4.57. The molecule has 118 valence electrons. The van der Waals surface area contributed by atoms with Crippen molar-refractivity contribution in [2.45, 2.75) is 64.5 Å². The largest absolute Gasteiger partial charge is 0.317 e. The van der Waals surface area contributed by atoms with Gasteiger partial charge in [-0.2, -0.15) is 0 Å². The number of nitrogens with zero attached hydrogens (tertiary/aromatic N) is 2. The molecule has 0 spiro atoms. The van der Waals surface area contributed by atoms with Gasteiger partial charge in [-0.3, -0.25) is 4.90 Å². The molecule has 1 aromatic rings. The Morgan fingerprint density at radius 1 is 1.24 bits per heavy atom. The van der Waals surface area contributed by atoms with Gasteiger partial charge in [-0.25, -0.2) is 4.98 Å². The highest BCUT2D eigenvalue weighted by atomic mass is 32.1. The number of nitrogens with one attached hydrogen (secondary N) is 1. The lowest BCUT2D eigenvalue weighted by Crippen LogP contribution is -2.37. The van der Waals surface area contributed by atoms with Crippen molar-refractivity contribution < 1.29 is 0 Å². The van der Waals surface area contributed by atoms with E-state index in [2.05, 4.69) is 36.4 Å². The van der Waals surface area contributed by atoms with Gasteiger partial charge in [-0.15, -0.1) is 11.3 Å². The molecule has 0 aromatic carbocycles. The quantitative estimate of drug-likeness (QED) is 0.903. The van der Waals surface area contributed by atoms with Crippen molar-refractivity contribution in [2.75, 3.05) is 19.6 Å². The molecule has 3 rings (SSSR count). The fourth-order valence-corrected chi connectivity index (χ4v) is 4.01. The number of piperidine rings is 1. The van der Waals surface area contributed by atoms with E-state index in [0.717, 1.165) is 18.5 Å². The SMILES string of the molecule is CC(C)(C)c1nc(CN(CC2CCNCC2)C2CC2)cs1. The Balaban J connectivity index is 1.61. The Morgan fingerprint density at radius 2 is 1.95 bits per heavy atom. The predicted octanol–water partition coefficient (Wildman–Crippen LogP) is 3.40. The van der Waals surface area contributed by atoms with E-state index in [4.69, 9.17) is 4.98 Å². The summed E-state index contributed by atoms with van der Waals surface area (Å²) in [6.45, 7) is 11.5. The molecule has 2 fully saturated rings. The first-order chi connectivity index (χ1) is 10.0. The van der Waals surface area contributed by atoms with Crippen LogP contribution in [0.4, 0.5) is 0 Å². The van der Waals surface area contributed by atoms with Crippen molar-refractivity contribution >= 4 is 11.3 Å². The first-order valence-electron chi connectivity index (χ1n) is 8.42. The van der Waals surface area contributed by atoms with Crippen LogP contribution in [-0.2, 0) is 12.0 Å². The average Bonchev–Trinajstić information content (AvgIpc) is 3.17. The van der Waals surface area contributed by atoms with Crippen LogP contribution >= 0.6 is 11.3 Å². The van der Waals surface area contributed by atoms with Gasteiger partial charge >= 0.3 is 0 Å². The molecule has 0 atom stereocenters. The molecule has 0 unspecified atom stereocenters. The van der Waals surface area contributed by atoms with E-state index >= 15 is 0 Å². The summed E-state index contributed by atoms with van der Waals surface area (Å²) in [6, 6.07) is 0.833. The third-order valence-corrected chi connectivity index (χ3v) is 5.89. The lowest BCUT2D eigenvalue weighted by atomic mass is 9.97. The Kier molecular flexibility index (Phi) is 4.67. The first-order valence-corrected chi connectivity index (χ1v) is 9.30. The maximum absolute atomic E-state index is 4.89. The van der Waals surface area contributed by atoms with E-state index in [1.54, 1.807) is 0 Å². The summed E-state index contributed by atoms with van der Waals surface area (Å²) in [6.07, 6.45) is 5.46. The zero-order chi connectivity index (χ0) is 14.9. The molecule has 4 heteroatoms. The number of hydrogen-bond donors (Lipinski definition) is 1. The van der Waals surface area contributed by atoms with Crippen LogP contribution < -0.4 is 5.32 Å². The van der Waals surface area contributed by atoms with Crippen LogP contribution in [-0.4, -0.2) is 35.6 Å². The number of thiazole rings is 1. The fourth-order valence-electron chi connectivity index (χ4n) is 3.11. The van der Waals surface area contributed by atoms with Crippen LogP contribution in [0.3, 0.4) is 0 Å². The summed E-state index contributed by atoms with van der Waals surface area (Å²) < 4.78 is 0. The number of rotatable bonds is 5. The molecule has 2 heterocycles. The second-order valence-electron chi connectivity index (χ2n) is 7.75. The van der Waals surface area contributed by atoms with Crippen LogP contribution in [0, 0.1) is 5.92 Å². The van der Waals surface area contributed by atoms with Gasteiger partial charge in [0.05, 0.1) is 10.7 Å². The van der Waals surface area contributed by atoms with Crippen molar-refractivity contribution in [3.8, 4) is 0 Å². The lowest BCUT2D eigenvalue weighted by Gasteiger charge is -2.29. The molecule has 3 nitrogen and oxygen atoms in total. The smallest absolute Gasteiger partial charge is 0.0982 e. The van der Waals surface area contributed by atoms with Gasteiger partial charge < -0.3 is 5.32 Å². The predicted molar refractivity (Wildman–Crippen MR) is 89.8 cm³/mol. The van der Waals surface area contributed by atoms with Gasteiger partial charge in [0.25, 0.3) is 0 Å². The molecule has 2 aliphatic rings. The minimum atomic E-state index is 0.183. The fraction of sp³-hybridized carbons (Fsp3) is 0.824. The van der Waals surface area contributed by atoms with Crippen LogP contribution in [0.1, 0.15) is 57.2 Å². The van der Waals surface area contributed by atoms with Crippen LogP contribution in [0.15, 0.2) is 5.38 Å². The number of aromatic nitrogens is 1. The van der Waals surface area contributed by atoms with Crippen molar-refractivity contribution in [3.05, 3.63) is 16.1 Å². The molecule has 0 bridgehead atoms. The Bertz CT molecular complexity index is 453. The first kappa shape index (κ1) is 15.4. The zero-order valence-corrected chi connectivity index (χ0v) is 14.5. The summed E-state index contributed by atoms with van der Waals surface area (Å²) >= 11 is 1.83. The minimum absolute atomic E-state index is 0.183. The van der Waals surface area contributed by atoms with Gasteiger partial charge in [0, 0.05) is 29.9 Å². The topological polar surface area (TPSA) is 28.2 Å². The maximum atomic E-state index is 4.89. The molecule has 0 amide bonds. The maximum Gasteiger partial charge on any atom is 0.0982 e. The molecule has 0 radical (unpaired) electrons. The molecule has 1 aromatic heterocycles. The monoisotopic (exact) mass is 307 g/mol. The summed E-state index contributed by atoms with van der Waals surface area (Å²) in [7, 11) is 0. The Morgan fingerprint density at radius 3 is 2.52 bits per heavy atom. The molecule has 1 saturated carbocycles. The highest BCUT2D eigenvalue weighted by Crippen LogP contribution is 2.31. The van der Waals surface area contributed by atoms with E-state index in [1.165, 1.54) is 56.0 Å². The summed E-state index contributed by atoms with van der Waals surface area (Å²) in [5, 5.41) is 7.02. The van der Waals surface area contributed by atoms with Crippen molar-refractivity contribution in [2.24, 2.45) is 5.92 Å². The van der Waals surface area contributed by atoms with Gasteiger partial charge in [-0.05, 0) is 44.7 Å². The zero-order valence-electron chi connectivity index (χ0n) is 13.7. The van der Waals surface area contributed by atoms with Gasteiger partial charge in [0.2, 0.25) is 0 Å².